The predicted molar refractivity (Wildman–Crippen MR) is 18.5 cm³/mol. The summed E-state index contributed by atoms with van der Waals surface area (Å²) in [5.41, 5.74) is 0. The van der Waals surface area contributed by atoms with E-state index in [1.165, 1.54) is 0 Å². The molecule has 0 spiro atoms. The van der Waals surface area contributed by atoms with Crippen molar-refractivity contribution >= 4 is 15.6 Å². The third-order valence-electron chi connectivity index (χ3n) is 0.203. The molecule has 1 N–H and O–H groups in total. The Morgan fingerprint density at radius 2 is 1.45 bits per heavy atom. The first-order valence-electron chi connectivity index (χ1n) is 1.48. The van der Waals surface area contributed by atoms with E-state index < -0.39 is 15.6 Å². The van der Waals surface area contributed by atoms with Crippen LogP contribution in [0.4, 0.5) is 0 Å². The maximum atomic E-state index is 9.44. The van der Waals surface area contributed by atoms with Crippen LogP contribution in [0.25, 0.3) is 0 Å². The van der Waals surface area contributed by atoms with Crippen molar-refractivity contribution < 1.29 is 79.6 Å². The summed E-state index contributed by atoms with van der Waals surface area (Å²) in [7, 11) is -11.0. The second kappa shape index (κ2) is 6.27. The molecule has 0 heterocycles. The Bertz CT molecular complexity index is 157. The van der Waals surface area contributed by atoms with E-state index in [1.807, 2.05) is 0 Å². The second-order valence-electron chi connectivity index (χ2n) is 0.997. The normalized spacial score (nSPS) is 15.6. The molecule has 0 aromatic rings. The van der Waals surface area contributed by atoms with Crippen LogP contribution in [0.5, 0.6) is 0 Å². The van der Waals surface area contributed by atoms with Gasteiger partial charge in [-0.15, -0.1) is 0 Å². The van der Waals surface area contributed by atoms with Crippen LogP contribution in [0.3, 0.4) is 0 Å². The molecule has 0 rings (SSSR count). The van der Waals surface area contributed by atoms with Gasteiger partial charge in [-0.2, -0.15) is 0 Å². The van der Waals surface area contributed by atoms with Crippen molar-refractivity contribution in [3.8, 4) is 0 Å². The van der Waals surface area contributed by atoms with Crippen molar-refractivity contribution in [2.45, 2.75) is 0 Å². The zero-order chi connectivity index (χ0) is 7.71. The van der Waals surface area contributed by atoms with Crippen molar-refractivity contribution in [3.63, 3.8) is 0 Å². The first-order chi connectivity index (χ1) is 3.71. The molecule has 7 nitrogen and oxygen atoms in total. The quantitative estimate of drug-likeness (QED) is 0.383. The van der Waals surface area contributed by atoms with Gasteiger partial charge in [0.05, 0.1) is 7.82 Å². The van der Waals surface area contributed by atoms with Crippen molar-refractivity contribution in [2.24, 2.45) is 0 Å². The largest absolute Gasteiger partial charge is 2.00 e. The summed E-state index contributed by atoms with van der Waals surface area (Å²) in [5.74, 6) is 0. The number of hydrogen-bond donors (Lipinski definition) is 1. The molecule has 11 heavy (non-hydrogen) atoms. The standard InChI is InChI=1S/Fe.Na.H4O7P2/c;;1-8(2,3)7-9(4,5)6/h;;(H2,1,2,3)(H2,4,5,6)/q+2;+1;/p-3. The average Bonchev–Trinajstić information content (AvgIpc) is 1.14. The molecule has 0 amide bonds. The monoisotopic (exact) mass is 254 g/mol. The molecular weight excluding hydrogens is 253 g/mol. The maximum Gasteiger partial charge on any atom is 2.00 e. The SMILES string of the molecule is O=P([O-])([O-])OP(=O)([O-])O.[Fe+2].[Na+]. The summed E-state index contributed by atoms with van der Waals surface area (Å²) in [4.78, 5) is 35.7. The predicted octanol–water partition coefficient (Wildman–Crippen LogP) is -5.71. The fourth-order valence-electron chi connectivity index (χ4n) is 0.126. The zero-order valence-electron chi connectivity index (χ0n) is 5.14. The van der Waals surface area contributed by atoms with Crippen LogP contribution >= 0.6 is 15.6 Å². The van der Waals surface area contributed by atoms with Gasteiger partial charge in [0.1, 0.15) is 0 Å². The average molecular weight is 254 g/mol. The summed E-state index contributed by atoms with van der Waals surface area (Å²) in [6.07, 6.45) is 0. The number of hydrogen-bond acceptors (Lipinski definition) is 6. The molecule has 0 saturated carbocycles. The fourth-order valence-corrected chi connectivity index (χ4v) is 1.14. The molecular formula is HFeNaO7P2. The first-order valence-corrected chi connectivity index (χ1v) is 4.43. The van der Waals surface area contributed by atoms with Gasteiger partial charge in [-0.05, 0) is 0 Å². The molecule has 0 aromatic carbocycles. The third kappa shape index (κ3) is 18.6. The van der Waals surface area contributed by atoms with Crippen LogP contribution in [0.2, 0.25) is 0 Å². The van der Waals surface area contributed by atoms with Gasteiger partial charge in [0.15, 0.2) is 0 Å². The van der Waals surface area contributed by atoms with Crippen LogP contribution in [0, 0.1) is 0 Å². The Balaban J connectivity index is -0.000000320. The van der Waals surface area contributed by atoms with Crippen LogP contribution in [0.1, 0.15) is 0 Å². The van der Waals surface area contributed by atoms with Gasteiger partial charge >= 0.3 is 46.6 Å². The second-order valence-corrected chi connectivity index (χ2v) is 3.48. The van der Waals surface area contributed by atoms with E-state index in [9.17, 15) is 23.8 Å². The first kappa shape index (κ1) is 18.5. The van der Waals surface area contributed by atoms with Crippen LogP contribution in [0.15, 0.2) is 0 Å². The molecule has 0 saturated heterocycles. The minimum Gasteiger partial charge on any atom is -0.790 e. The molecule has 0 bridgehead atoms. The minimum absolute atomic E-state index is 0. The third-order valence-corrected chi connectivity index (χ3v) is 1.83. The molecule has 1 unspecified atom stereocenters. The Hall–Kier alpha value is 1.78. The molecule has 0 aromatic heterocycles. The van der Waals surface area contributed by atoms with Gasteiger partial charge in [-0.25, -0.2) is 0 Å². The van der Waals surface area contributed by atoms with E-state index >= 15 is 0 Å². The van der Waals surface area contributed by atoms with Gasteiger partial charge in [-0.1, -0.05) is 0 Å². The molecule has 62 valence electrons. The molecule has 0 aliphatic carbocycles. The van der Waals surface area contributed by atoms with E-state index in [2.05, 4.69) is 4.31 Å². The van der Waals surface area contributed by atoms with Crippen molar-refractivity contribution in [3.05, 3.63) is 0 Å². The van der Waals surface area contributed by atoms with Crippen LogP contribution < -0.4 is 44.2 Å². The van der Waals surface area contributed by atoms with Crippen molar-refractivity contribution in [1.82, 2.24) is 0 Å². The zero-order valence-corrected chi connectivity index (χ0v) is 10.0. The van der Waals surface area contributed by atoms with Gasteiger partial charge < -0.3 is 24.1 Å². The molecule has 0 aliphatic heterocycles. The van der Waals surface area contributed by atoms with E-state index in [1.54, 1.807) is 0 Å². The maximum absolute atomic E-state index is 9.44. The summed E-state index contributed by atoms with van der Waals surface area (Å²) in [5, 5.41) is 0. The minimum atomic E-state index is -5.61. The van der Waals surface area contributed by atoms with Gasteiger partial charge in [0, 0.05) is 0 Å². The Morgan fingerprint density at radius 3 is 1.45 bits per heavy atom. The fraction of sp³-hybridized carbons (Fsp3) is 0. The van der Waals surface area contributed by atoms with Crippen molar-refractivity contribution in [1.29, 1.82) is 0 Å². The van der Waals surface area contributed by atoms with Gasteiger partial charge in [0.25, 0.3) is 7.82 Å². The molecule has 1 atom stereocenters. The molecule has 0 radical (unpaired) electrons. The summed E-state index contributed by atoms with van der Waals surface area (Å²) >= 11 is 0. The van der Waals surface area contributed by atoms with Gasteiger partial charge in [-0.3, -0.25) is 8.88 Å². The molecule has 0 aliphatic rings. The Kier molecular flexibility index (Phi) is 10.6. The topological polar surface area (TPSA) is 133 Å². The van der Waals surface area contributed by atoms with Crippen LogP contribution in [-0.4, -0.2) is 4.89 Å². The van der Waals surface area contributed by atoms with E-state index in [0.29, 0.717) is 0 Å². The molecule has 11 heteroatoms. The van der Waals surface area contributed by atoms with Crippen LogP contribution in [-0.2, 0) is 30.5 Å². The summed E-state index contributed by atoms with van der Waals surface area (Å²) < 4.78 is 21.4. The smallest absolute Gasteiger partial charge is 0.790 e. The summed E-state index contributed by atoms with van der Waals surface area (Å²) in [6.45, 7) is 0. The van der Waals surface area contributed by atoms with E-state index in [0.717, 1.165) is 0 Å². The number of rotatable bonds is 2. The number of phosphoric acid groups is 2. The van der Waals surface area contributed by atoms with E-state index in [-0.39, 0.29) is 46.6 Å². The van der Waals surface area contributed by atoms with Gasteiger partial charge in [0.2, 0.25) is 0 Å². The van der Waals surface area contributed by atoms with E-state index in [4.69, 9.17) is 4.89 Å². The Morgan fingerprint density at radius 1 is 1.18 bits per heavy atom. The summed E-state index contributed by atoms with van der Waals surface area (Å²) in [6, 6.07) is 0. The Labute approximate surface area is 94.8 Å². The van der Waals surface area contributed by atoms with Crippen molar-refractivity contribution in [2.75, 3.05) is 0 Å². The molecule has 0 fully saturated rings.